The summed E-state index contributed by atoms with van der Waals surface area (Å²) in [6.07, 6.45) is 3.25. The summed E-state index contributed by atoms with van der Waals surface area (Å²) >= 11 is 1.51. The summed E-state index contributed by atoms with van der Waals surface area (Å²) in [6.45, 7) is 4.11. The summed E-state index contributed by atoms with van der Waals surface area (Å²) in [5.41, 5.74) is 0.213. The van der Waals surface area contributed by atoms with E-state index in [2.05, 4.69) is 11.9 Å². The first kappa shape index (κ1) is 15.0. The van der Waals surface area contributed by atoms with Crippen molar-refractivity contribution >= 4 is 11.3 Å². The molecule has 0 saturated carbocycles. The minimum atomic E-state index is -0.905. The van der Waals surface area contributed by atoms with Gasteiger partial charge in [-0.25, -0.2) is 4.98 Å². The first-order valence-electron chi connectivity index (χ1n) is 6.92. The number of nitrogens with zero attached hydrogens (tertiary/aromatic N) is 1. The predicted octanol–water partition coefficient (Wildman–Crippen LogP) is 3.94. The zero-order valence-electron chi connectivity index (χ0n) is 12.2. The molecule has 20 heavy (non-hydrogen) atoms. The van der Waals surface area contributed by atoms with Gasteiger partial charge in [0, 0.05) is 17.5 Å². The van der Waals surface area contributed by atoms with Crippen LogP contribution in [0.3, 0.4) is 0 Å². The molecule has 0 aliphatic rings. The second kappa shape index (κ2) is 6.37. The Hall–Kier alpha value is -1.39. The van der Waals surface area contributed by atoms with Gasteiger partial charge in [0.1, 0.15) is 16.4 Å². The fourth-order valence-corrected chi connectivity index (χ4v) is 3.53. The van der Waals surface area contributed by atoms with Gasteiger partial charge in [0.15, 0.2) is 0 Å². The number of hydrogen-bond donors (Lipinski definition) is 1. The van der Waals surface area contributed by atoms with E-state index in [0.29, 0.717) is 6.42 Å². The van der Waals surface area contributed by atoms with E-state index in [-0.39, 0.29) is 5.92 Å². The SMILES string of the molecule is CC[C@@H](c1ccc(OC)cc1)[C@](O)(CC)c1nccs1. The number of hydrogen-bond acceptors (Lipinski definition) is 4. The molecule has 1 N–H and O–H groups in total. The second-order valence-corrected chi connectivity index (χ2v) is 5.74. The van der Waals surface area contributed by atoms with Crippen LogP contribution in [0.2, 0.25) is 0 Å². The van der Waals surface area contributed by atoms with Gasteiger partial charge in [0.25, 0.3) is 0 Å². The summed E-state index contributed by atoms with van der Waals surface area (Å²) in [5, 5.41) is 13.8. The average Bonchev–Trinajstić information content (AvgIpc) is 3.03. The standard InChI is InChI=1S/C16H21NO2S/c1-4-14(12-6-8-13(19-3)9-7-12)16(18,5-2)15-17-10-11-20-15/h6-11,14,18H,4-5H2,1-3H3/t14-,16+/m0/s1. The zero-order chi connectivity index (χ0) is 14.6. The van der Waals surface area contributed by atoms with Gasteiger partial charge in [-0.15, -0.1) is 11.3 Å². The average molecular weight is 291 g/mol. The minimum absolute atomic E-state index is 0.0320. The lowest BCUT2D eigenvalue weighted by atomic mass is 9.79. The van der Waals surface area contributed by atoms with Gasteiger partial charge in [0.05, 0.1) is 7.11 Å². The summed E-state index contributed by atoms with van der Waals surface area (Å²) in [6, 6.07) is 7.94. The van der Waals surface area contributed by atoms with Gasteiger partial charge in [-0.05, 0) is 30.5 Å². The molecule has 1 aromatic carbocycles. The second-order valence-electron chi connectivity index (χ2n) is 4.85. The van der Waals surface area contributed by atoms with Crippen molar-refractivity contribution in [3.05, 3.63) is 46.4 Å². The number of aliphatic hydroxyl groups is 1. The van der Waals surface area contributed by atoms with E-state index in [1.165, 1.54) is 11.3 Å². The fraction of sp³-hybridized carbons (Fsp3) is 0.438. The van der Waals surface area contributed by atoms with Gasteiger partial charge >= 0.3 is 0 Å². The Bertz CT molecular complexity index is 524. The quantitative estimate of drug-likeness (QED) is 0.876. The van der Waals surface area contributed by atoms with Crippen LogP contribution < -0.4 is 4.74 Å². The molecule has 0 unspecified atom stereocenters. The van der Waals surface area contributed by atoms with Gasteiger partial charge in [-0.3, -0.25) is 0 Å². The van der Waals surface area contributed by atoms with Crippen LogP contribution in [0.1, 0.15) is 43.2 Å². The highest BCUT2D eigenvalue weighted by atomic mass is 32.1. The molecule has 2 rings (SSSR count). The van der Waals surface area contributed by atoms with Gasteiger partial charge < -0.3 is 9.84 Å². The van der Waals surface area contributed by atoms with E-state index in [9.17, 15) is 5.11 Å². The van der Waals surface area contributed by atoms with Crippen molar-refractivity contribution in [1.82, 2.24) is 4.98 Å². The lowest BCUT2D eigenvalue weighted by molar-refractivity contribution is 0.00127. The molecule has 0 bridgehead atoms. The van der Waals surface area contributed by atoms with Crippen LogP contribution in [0, 0.1) is 0 Å². The molecule has 3 nitrogen and oxygen atoms in total. The van der Waals surface area contributed by atoms with Crippen LogP contribution in [0.25, 0.3) is 0 Å². The minimum Gasteiger partial charge on any atom is -0.497 e. The molecule has 4 heteroatoms. The normalized spacial score (nSPS) is 15.6. The Balaban J connectivity index is 2.38. The molecule has 1 heterocycles. The van der Waals surface area contributed by atoms with Crippen molar-refractivity contribution in [3.8, 4) is 5.75 Å². The zero-order valence-corrected chi connectivity index (χ0v) is 13.0. The number of aromatic nitrogens is 1. The molecule has 0 amide bonds. The molecule has 2 aromatic rings. The largest absolute Gasteiger partial charge is 0.497 e. The smallest absolute Gasteiger partial charge is 0.125 e. The highest BCUT2D eigenvalue weighted by Gasteiger charge is 2.38. The van der Waals surface area contributed by atoms with Crippen LogP contribution in [-0.4, -0.2) is 17.2 Å². The number of rotatable bonds is 6. The van der Waals surface area contributed by atoms with Crippen LogP contribution >= 0.6 is 11.3 Å². The lowest BCUT2D eigenvalue weighted by Gasteiger charge is -2.33. The molecule has 0 spiro atoms. The van der Waals surface area contributed by atoms with Crippen LogP contribution in [-0.2, 0) is 5.60 Å². The molecule has 0 aliphatic carbocycles. The topological polar surface area (TPSA) is 42.4 Å². The van der Waals surface area contributed by atoms with Crippen molar-refractivity contribution < 1.29 is 9.84 Å². The molecule has 0 saturated heterocycles. The molecule has 108 valence electrons. The van der Waals surface area contributed by atoms with E-state index >= 15 is 0 Å². The summed E-state index contributed by atoms with van der Waals surface area (Å²) in [5.74, 6) is 0.863. The predicted molar refractivity (Wildman–Crippen MR) is 82.3 cm³/mol. The Morgan fingerprint density at radius 2 is 2.00 bits per heavy atom. The molecule has 0 aliphatic heterocycles. The Morgan fingerprint density at radius 1 is 1.30 bits per heavy atom. The Kier molecular flexibility index (Phi) is 4.78. The third-order valence-corrected chi connectivity index (χ3v) is 4.78. The molecular weight excluding hydrogens is 270 g/mol. The number of benzene rings is 1. The monoisotopic (exact) mass is 291 g/mol. The molecule has 0 fully saturated rings. The van der Waals surface area contributed by atoms with E-state index in [1.807, 2.05) is 36.6 Å². The van der Waals surface area contributed by atoms with Crippen molar-refractivity contribution in [3.63, 3.8) is 0 Å². The highest BCUT2D eigenvalue weighted by Crippen LogP contribution is 2.42. The third-order valence-electron chi connectivity index (χ3n) is 3.84. The fourth-order valence-electron chi connectivity index (χ4n) is 2.67. The Labute approximate surface area is 124 Å². The Morgan fingerprint density at radius 3 is 2.45 bits per heavy atom. The van der Waals surface area contributed by atoms with Crippen LogP contribution in [0.5, 0.6) is 5.75 Å². The summed E-state index contributed by atoms with van der Waals surface area (Å²) < 4.78 is 5.19. The van der Waals surface area contributed by atoms with Crippen molar-refractivity contribution in [2.24, 2.45) is 0 Å². The van der Waals surface area contributed by atoms with Crippen molar-refractivity contribution in [1.29, 1.82) is 0 Å². The van der Waals surface area contributed by atoms with E-state index in [0.717, 1.165) is 22.7 Å². The maximum absolute atomic E-state index is 11.1. The van der Waals surface area contributed by atoms with E-state index < -0.39 is 5.60 Å². The van der Waals surface area contributed by atoms with Crippen molar-refractivity contribution in [2.75, 3.05) is 7.11 Å². The maximum atomic E-state index is 11.1. The molecular formula is C16H21NO2S. The van der Waals surface area contributed by atoms with E-state index in [4.69, 9.17) is 4.74 Å². The van der Waals surface area contributed by atoms with Gasteiger partial charge in [0.2, 0.25) is 0 Å². The van der Waals surface area contributed by atoms with Gasteiger partial charge in [-0.1, -0.05) is 26.0 Å². The van der Waals surface area contributed by atoms with Crippen molar-refractivity contribution in [2.45, 2.75) is 38.2 Å². The summed E-state index contributed by atoms with van der Waals surface area (Å²) in [4.78, 5) is 4.33. The molecule has 0 radical (unpaired) electrons. The van der Waals surface area contributed by atoms with E-state index in [1.54, 1.807) is 13.3 Å². The summed E-state index contributed by atoms with van der Waals surface area (Å²) in [7, 11) is 1.66. The van der Waals surface area contributed by atoms with Crippen LogP contribution in [0.4, 0.5) is 0 Å². The van der Waals surface area contributed by atoms with Gasteiger partial charge in [-0.2, -0.15) is 0 Å². The molecule has 2 atom stereocenters. The van der Waals surface area contributed by atoms with Crippen LogP contribution in [0.15, 0.2) is 35.8 Å². The molecule has 1 aromatic heterocycles. The number of ether oxygens (including phenoxy) is 1. The first-order chi connectivity index (χ1) is 9.65. The number of methoxy groups -OCH3 is 1. The third kappa shape index (κ3) is 2.72. The highest BCUT2D eigenvalue weighted by molar-refractivity contribution is 7.09. The lowest BCUT2D eigenvalue weighted by Crippen LogP contribution is -2.32. The first-order valence-corrected chi connectivity index (χ1v) is 7.80. The maximum Gasteiger partial charge on any atom is 0.125 e. The number of thiazole rings is 1.